The van der Waals surface area contributed by atoms with E-state index in [1.807, 2.05) is 0 Å². The molecule has 0 N–H and O–H groups in total. The highest BCUT2D eigenvalue weighted by Gasteiger charge is 2.49. The standard InChI is InChI=1S/C8H11NO3/c1-5(2)9-6(10)8(3,4)7(11)12-9/h1H2,2-4H3. The monoisotopic (exact) mass is 169 g/mol. The Balaban J connectivity index is 2.99. The predicted molar refractivity (Wildman–Crippen MR) is 41.5 cm³/mol. The molecule has 12 heavy (non-hydrogen) atoms. The highest BCUT2D eigenvalue weighted by atomic mass is 16.7. The molecule has 0 unspecified atom stereocenters. The fourth-order valence-electron chi connectivity index (χ4n) is 0.831. The van der Waals surface area contributed by atoms with Gasteiger partial charge in [-0.25, -0.2) is 4.79 Å². The van der Waals surface area contributed by atoms with Crippen molar-refractivity contribution in [2.45, 2.75) is 20.8 Å². The van der Waals surface area contributed by atoms with Crippen molar-refractivity contribution in [2.24, 2.45) is 5.41 Å². The van der Waals surface area contributed by atoms with Gasteiger partial charge < -0.3 is 4.84 Å². The number of allylic oxidation sites excluding steroid dienone is 1. The lowest BCUT2D eigenvalue weighted by Crippen LogP contribution is -2.30. The SMILES string of the molecule is C=C(C)N1OC(=O)C(C)(C)C1=O. The molecule has 4 heteroatoms. The van der Waals surface area contributed by atoms with E-state index in [1.165, 1.54) is 13.8 Å². The summed E-state index contributed by atoms with van der Waals surface area (Å²) in [5, 5.41) is 0.933. The largest absolute Gasteiger partial charge is 0.348 e. The van der Waals surface area contributed by atoms with Crippen LogP contribution in [0.25, 0.3) is 0 Å². The molecule has 4 nitrogen and oxygen atoms in total. The Morgan fingerprint density at radius 1 is 1.50 bits per heavy atom. The lowest BCUT2D eigenvalue weighted by atomic mass is 9.94. The molecule has 1 saturated heterocycles. The first kappa shape index (κ1) is 8.77. The molecule has 0 bridgehead atoms. The first-order chi connectivity index (χ1) is 5.37. The van der Waals surface area contributed by atoms with Crippen LogP contribution in [0.3, 0.4) is 0 Å². The molecular formula is C8H11NO3. The number of carbonyl (C=O) groups is 2. The van der Waals surface area contributed by atoms with Gasteiger partial charge in [0.05, 0.1) is 5.70 Å². The Hall–Kier alpha value is -1.32. The smallest absolute Gasteiger partial charge is 0.332 e. The van der Waals surface area contributed by atoms with Gasteiger partial charge in [-0.3, -0.25) is 4.79 Å². The van der Waals surface area contributed by atoms with E-state index in [4.69, 9.17) is 4.84 Å². The van der Waals surface area contributed by atoms with Crippen molar-refractivity contribution >= 4 is 11.9 Å². The molecule has 1 fully saturated rings. The second kappa shape index (κ2) is 2.33. The molecule has 1 rings (SSSR count). The first-order valence-electron chi connectivity index (χ1n) is 3.60. The number of carbonyl (C=O) groups excluding carboxylic acids is 2. The molecule has 0 radical (unpaired) electrons. The van der Waals surface area contributed by atoms with Gasteiger partial charge in [0, 0.05) is 0 Å². The summed E-state index contributed by atoms with van der Waals surface area (Å²) in [6.07, 6.45) is 0. The second-order valence-corrected chi connectivity index (χ2v) is 3.34. The molecule has 0 aliphatic carbocycles. The van der Waals surface area contributed by atoms with Crippen molar-refractivity contribution < 1.29 is 14.4 Å². The third kappa shape index (κ3) is 0.995. The summed E-state index contributed by atoms with van der Waals surface area (Å²) in [6.45, 7) is 8.18. The summed E-state index contributed by atoms with van der Waals surface area (Å²) in [5.41, 5.74) is -0.655. The van der Waals surface area contributed by atoms with Crippen LogP contribution in [0.5, 0.6) is 0 Å². The molecule has 0 aromatic carbocycles. The Labute approximate surface area is 70.7 Å². The van der Waals surface area contributed by atoms with E-state index in [0.29, 0.717) is 5.70 Å². The zero-order valence-corrected chi connectivity index (χ0v) is 7.38. The highest BCUT2D eigenvalue weighted by molar-refractivity contribution is 6.05. The van der Waals surface area contributed by atoms with Crippen LogP contribution in [-0.4, -0.2) is 16.9 Å². The van der Waals surface area contributed by atoms with Gasteiger partial charge in [0.15, 0.2) is 0 Å². The van der Waals surface area contributed by atoms with Crippen LogP contribution in [0.2, 0.25) is 0 Å². The predicted octanol–water partition coefficient (Wildman–Crippen LogP) is 0.847. The summed E-state index contributed by atoms with van der Waals surface area (Å²) < 4.78 is 0. The summed E-state index contributed by atoms with van der Waals surface area (Å²) >= 11 is 0. The van der Waals surface area contributed by atoms with E-state index < -0.39 is 11.4 Å². The number of hydroxylamine groups is 2. The topological polar surface area (TPSA) is 46.6 Å². The molecule has 0 aromatic heterocycles. The molecule has 1 amide bonds. The Morgan fingerprint density at radius 2 is 2.00 bits per heavy atom. The van der Waals surface area contributed by atoms with E-state index in [9.17, 15) is 9.59 Å². The number of hydrogen-bond acceptors (Lipinski definition) is 3. The maximum atomic E-state index is 11.4. The van der Waals surface area contributed by atoms with Crippen molar-refractivity contribution in [1.29, 1.82) is 0 Å². The minimum atomic E-state index is -1.07. The number of nitrogens with zero attached hydrogens (tertiary/aromatic N) is 1. The summed E-state index contributed by atoms with van der Waals surface area (Å²) in [4.78, 5) is 27.2. The van der Waals surface area contributed by atoms with Crippen molar-refractivity contribution in [2.75, 3.05) is 0 Å². The first-order valence-corrected chi connectivity index (χ1v) is 3.60. The van der Waals surface area contributed by atoms with Crippen LogP contribution >= 0.6 is 0 Å². The molecule has 1 aliphatic heterocycles. The average molecular weight is 169 g/mol. The fraction of sp³-hybridized carbons (Fsp3) is 0.500. The van der Waals surface area contributed by atoms with Crippen molar-refractivity contribution in [3.05, 3.63) is 12.3 Å². The Morgan fingerprint density at radius 3 is 2.17 bits per heavy atom. The van der Waals surface area contributed by atoms with Gasteiger partial charge in [0.1, 0.15) is 5.41 Å². The molecular weight excluding hydrogens is 158 g/mol. The zero-order valence-electron chi connectivity index (χ0n) is 7.38. The third-order valence-corrected chi connectivity index (χ3v) is 1.75. The van der Waals surface area contributed by atoms with Crippen LogP contribution in [0, 0.1) is 5.41 Å². The molecule has 66 valence electrons. The van der Waals surface area contributed by atoms with Crippen LogP contribution in [-0.2, 0) is 14.4 Å². The fourth-order valence-corrected chi connectivity index (χ4v) is 0.831. The van der Waals surface area contributed by atoms with E-state index in [1.54, 1.807) is 6.92 Å². The molecule has 1 aliphatic rings. The van der Waals surface area contributed by atoms with Gasteiger partial charge in [-0.05, 0) is 20.8 Å². The average Bonchev–Trinajstić information content (AvgIpc) is 2.13. The van der Waals surface area contributed by atoms with Gasteiger partial charge in [-0.1, -0.05) is 6.58 Å². The van der Waals surface area contributed by atoms with Crippen molar-refractivity contribution in [3.63, 3.8) is 0 Å². The highest BCUT2D eigenvalue weighted by Crippen LogP contribution is 2.30. The van der Waals surface area contributed by atoms with Crippen LogP contribution in [0.1, 0.15) is 20.8 Å². The summed E-state index contributed by atoms with van der Waals surface area (Å²) in [6, 6.07) is 0. The van der Waals surface area contributed by atoms with Crippen LogP contribution in [0.15, 0.2) is 12.3 Å². The van der Waals surface area contributed by atoms with Crippen molar-refractivity contribution in [1.82, 2.24) is 5.06 Å². The zero-order chi connectivity index (χ0) is 9.52. The minimum absolute atomic E-state index is 0.361. The third-order valence-electron chi connectivity index (χ3n) is 1.75. The lowest BCUT2D eigenvalue weighted by molar-refractivity contribution is -0.171. The molecule has 0 saturated carbocycles. The van der Waals surface area contributed by atoms with Crippen molar-refractivity contribution in [3.8, 4) is 0 Å². The van der Waals surface area contributed by atoms with Gasteiger partial charge in [0.25, 0.3) is 5.91 Å². The van der Waals surface area contributed by atoms with Gasteiger partial charge in [-0.15, -0.1) is 5.06 Å². The van der Waals surface area contributed by atoms with E-state index >= 15 is 0 Å². The number of rotatable bonds is 1. The van der Waals surface area contributed by atoms with Gasteiger partial charge >= 0.3 is 5.97 Å². The summed E-state index contributed by atoms with van der Waals surface area (Å²) in [5.74, 6) is -0.893. The van der Waals surface area contributed by atoms with Gasteiger partial charge in [-0.2, -0.15) is 0 Å². The number of amides is 1. The molecule has 1 heterocycles. The molecule has 0 aromatic rings. The lowest BCUT2D eigenvalue weighted by Gasteiger charge is -2.12. The maximum absolute atomic E-state index is 11.4. The maximum Gasteiger partial charge on any atom is 0.348 e. The second-order valence-electron chi connectivity index (χ2n) is 3.34. The molecule has 0 spiro atoms. The molecule has 0 atom stereocenters. The number of hydrogen-bond donors (Lipinski definition) is 0. The Bertz CT molecular complexity index is 267. The quantitative estimate of drug-likeness (QED) is 0.546. The van der Waals surface area contributed by atoms with Crippen LogP contribution < -0.4 is 0 Å². The van der Waals surface area contributed by atoms with E-state index in [2.05, 4.69) is 6.58 Å². The Kier molecular flexibility index (Phi) is 1.71. The van der Waals surface area contributed by atoms with E-state index in [-0.39, 0.29) is 5.91 Å². The van der Waals surface area contributed by atoms with Crippen LogP contribution in [0.4, 0.5) is 0 Å². The van der Waals surface area contributed by atoms with Gasteiger partial charge in [0.2, 0.25) is 0 Å². The summed E-state index contributed by atoms with van der Waals surface area (Å²) in [7, 11) is 0. The van der Waals surface area contributed by atoms with E-state index in [0.717, 1.165) is 5.06 Å². The normalized spacial score (nSPS) is 21.1. The minimum Gasteiger partial charge on any atom is -0.332 e.